The van der Waals surface area contributed by atoms with Gasteiger partial charge in [0.2, 0.25) is 0 Å². The molecule has 0 spiro atoms. The third kappa shape index (κ3) is 7.28. The van der Waals surface area contributed by atoms with Crippen LogP contribution < -0.4 is 5.73 Å². The summed E-state index contributed by atoms with van der Waals surface area (Å²) in [5, 5.41) is 0. The Morgan fingerprint density at radius 3 is 2.63 bits per heavy atom. The molecule has 0 aliphatic rings. The summed E-state index contributed by atoms with van der Waals surface area (Å²) < 4.78 is 5.68. The van der Waals surface area contributed by atoms with Gasteiger partial charge in [0.1, 0.15) is 4.99 Å². The van der Waals surface area contributed by atoms with Crippen LogP contribution in [0, 0.1) is 0 Å². The quantitative estimate of drug-likeness (QED) is 0.515. The topological polar surface area (TPSA) is 35.2 Å². The number of benzene rings is 1. The number of rotatable bonds is 10. The second kappa shape index (κ2) is 9.93. The molecule has 0 amide bonds. The number of unbranched alkanes of at least 4 members (excludes halogenated alkanes) is 5. The third-order valence-corrected chi connectivity index (χ3v) is 3.36. The van der Waals surface area contributed by atoms with Crippen molar-refractivity contribution in [3.63, 3.8) is 0 Å². The highest BCUT2D eigenvalue weighted by molar-refractivity contribution is 7.80. The summed E-state index contributed by atoms with van der Waals surface area (Å²) in [5.41, 5.74) is 7.66. The molecule has 0 atom stereocenters. The molecule has 1 rings (SSSR count). The van der Waals surface area contributed by atoms with E-state index >= 15 is 0 Å². The van der Waals surface area contributed by atoms with Crippen LogP contribution in [0.15, 0.2) is 24.3 Å². The van der Waals surface area contributed by atoms with Crippen LogP contribution in [-0.4, -0.2) is 11.6 Å². The van der Waals surface area contributed by atoms with E-state index in [1.807, 2.05) is 24.3 Å². The van der Waals surface area contributed by atoms with Crippen LogP contribution in [0.25, 0.3) is 0 Å². The first-order chi connectivity index (χ1) is 9.24. The zero-order valence-corrected chi connectivity index (χ0v) is 12.7. The van der Waals surface area contributed by atoms with E-state index in [-0.39, 0.29) is 0 Å². The highest BCUT2D eigenvalue weighted by Crippen LogP contribution is 2.08. The van der Waals surface area contributed by atoms with Gasteiger partial charge in [-0.05, 0) is 18.1 Å². The summed E-state index contributed by atoms with van der Waals surface area (Å²) in [7, 11) is 0. The molecule has 1 aromatic rings. The van der Waals surface area contributed by atoms with Crippen LogP contribution in [0.1, 0.15) is 56.6 Å². The smallest absolute Gasteiger partial charge is 0.103 e. The Balaban J connectivity index is 2.12. The number of ether oxygens (including phenoxy) is 1. The summed E-state index contributed by atoms with van der Waals surface area (Å²) in [4.78, 5) is 0.442. The molecule has 0 saturated heterocycles. The molecular weight excluding hydrogens is 254 g/mol. The second-order valence-corrected chi connectivity index (χ2v) is 5.32. The van der Waals surface area contributed by atoms with E-state index in [2.05, 4.69) is 6.92 Å². The lowest BCUT2D eigenvalue weighted by molar-refractivity contribution is 0.116. The van der Waals surface area contributed by atoms with E-state index < -0.39 is 0 Å². The first-order valence-corrected chi connectivity index (χ1v) is 7.61. The number of thiocarbonyl (C=S) groups is 1. The molecular formula is C16H25NOS. The molecule has 3 heteroatoms. The van der Waals surface area contributed by atoms with Gasteiger partial charge in [-0.1, -0.05) is 69.4 Å². The lowest BCUT2D eigenvalue weighted by Crippen LogP contribution is -2.09. The van der Waals surface area contributed by atoms with E-state index in [0.717, 1.165) is 24.2 Å². The van der Waals surface area contributed by atoms with Crippen LogP contribution in [0.2, 0.25) is 0 Å². The molecule has 106 valence electrons. The molecule has 0 aromatic heterocycles. The fourth-order valence-corrected chi connectivity index (χ4v) is 2.12. The monoisotopic (exact) mass is 279 g/mol. The Morgan fingerprint density at radius 2 is 1.89 bits per heavy atom. The van der Waals surface area contributed by atoms with Crippen molar-refractivity contribution in [2.45, 2.75) is 52.1 Å². The summed E-state index contributed by atoms with van der Waals surface area (Å²) in [5.74, 6) is 0. The third-order valence-electron chi connectivity index (χ3n) is 3.12. The minimum Gasteiger partial charge on any atom is -0.389 e. The van der Waals surface area contributed by atoms with Crippen molar-refractivity contribution < 1.29 is 4.74 Å². The summed E-state index contributed by atoms with van der Waals surface area (Å²) in [6.45, 7) is 3.72. The van der Waals surface area contributed by atoms with E-state index in [1.54, 1.807) is 0 Å². The number of hydrogen-bond donors (Lipinski definition) is 1. The molecule has 0 aliphatic carbocycles. The molecule has 2 nitrogen and oxygen atoms in total. The molecule has 0 radical (unpaired) electrons. The molecule has 1 aromatic carbocycles. The van der Waals surface area contributed by atoms with Crippen molar-refractivity contribution >= 4 is 17.2 Å². The van der Waals surface area contributed by atoms with Crippen molar-refractivity contribution in [3.05, 3.63) is 35.4 Å². The van der Waals surface area contributed by atoms with Crippen molar-refractivity contribution in [1.29, 1.82) is 0 Å². The number of nitrogens with two attached hydrogens (primary N) is 1. The lowest BCUT2D eigenvalue weighted by Gasteiger charge is -2.06. The average Bonchev–Trinajstić information content (AvgIpc) is 2.42. The van der Waals surface area contributed by atoms with Crippen molar-refractivity contribution in [1.82, 2.24) is 0 Å². The van der Waals surface area contributed by atoms with Crippen LogP contribution in [0.4, 0.5) is 0 Å². The van der Waals surface area contributed by atoms with Crippen LogP contribution in [0.5, 0.6) is 0 Å². The van der Waals surface area contributed by atoms with Gasteiger partial charge in [-0.25, -0.2) is 0 Å². The van der Waals surface area contributed by atoms with Gasteiger partial charge in [0.05, 0.1) is 6.61 Å². The maximum Gasteiger partial charge on any atom is 0.103 e. The van der Waals surface area contributed by atoms with E-state index in [9.17, 15) is 0 Å². The summed E-state index contributed by atoms with van der Waals surface area (Å²) in [6, 6.07) is 7.95. The average molecular weight is 279 g/mol. The van der Waals surface area contributed by atoms with Crippen molar-refractivity contribution in [3.8, 4) is 0 Å². The van der Waals surface area contributed by atoms with Gasteiger partial charge < -0.3 is 10.5 Å². The Hall–Kier alpha value is -0.930. The molecule has 0 saturated carbocycles. The normalized spacial score (nSPS) is 10.6. The highest BCUT2D eigenvalue weighted by Gasteiger charge is 1.98. The van der Waals surface area contributed by atoms with Crippen LogP contribution in [0.3, 0.4) is 0 Å². The predicted molar refractivity (Wildman–Crippen MR) is 85.4 cm³/mol. The van der Waals surface area contributed by atoms with Gasteiger partial charge in [-0.2, -0.15) is 0 Å². The van der Waals surface area contributed by atoms with E-state index in [4.69, 9.17) is 22.7 Å². The molecule has 0 aliphatic heterocycles. The maximum atomic E-state index is 5.68. The van der Waals surface area contributed by atoms with E-state index in [1.165, 1.54) is 32.1 Å². The largest absolute Gasteiger partial charge is 0.389 e. The molecule has 2 N–H and O–H groups in total. The fourth-order valence-electron chi connectivity index (χ4n) is 1.99. The van der Waals surface area contributed by atoms with Crippen molar-refractivity contribution in [2.75, 3.05) is 6.61 Å². The molecule has 19 heavy (non-hydrogen) atoms. The minimum absolute atomic E-state index is 0.442. The van der Waals surface area contributed by atoms with Gasteiger partial charge in [0, 0.05) is 12.2 Å². The van der Waals surface area contributed by atoms with Crippen LogP contribution >= 0.6 is 12.2 Å². The fraction of sp³-hybridized carbons (Fsp3) is 0.562. The second-order valence-electron chi connectivity index (χ2n) is 4.88. The number of hydrogen-bond acceptors (Lipinski definition) is 2. The predicted octanol–water partition coefficient (Wildman–Crippen LogP) is 4.20. The molecule has 0 bridgehead atoms. The lowest BCUT2D eigenvalue weighted by atomic mass is 10.1. The zero-order chi connectivity index (χ0) is 13.9. The molecule has 0 heterocycles. The Labute approximate surface area is 122 Å². The van der Waals surface area contributed by atoms with Crippen LogP contribution in [-0.2, 0) is 11.3 Å². The molecule has 0 fully saturated rings. The van der Waals surface area contributed by atoms with Gasteiger partial charge >= 0.3 is 0 Å². The molecule has 0 unspecified atom stereocenters. The highest BCUT2D eigenvalue weighted by atomic mass is 32.1. The SMILES string of the molecule is CCCCCCCCOCc1cccc(C(N)=S)c1. The van der Waals surface area contributed by atoms with Crippen molar-refractivity contribution in [2.24, 2.45) is 5.73 Å². The Kier molecular flexibility index (Phi) is 8.43. The van der Waals surface area contributed by atoms with Gasteiger partial charge in [0.15, 0.2) is 0 Å². The first-order valence-electron chi connectivity index (χ1n) is 7.20. The Bertz CT molecular complexity index is 379. The van der Waals surface area contributed by atoms with E-state index in [0.29, 0.717) is 11.6 Å². The van der Waals surface area contributed by atoms with Gasteiger partial charge in [0.25, 0.3) is 0 Å². The Morgan fingerprint density at radius 1 is 1.16 bits per heavy atom. The maximum absolute atomic E-state index is 5.68. The van der Waals surface area contributed by atoms with Gasteiger partial charge in [-0.3, -0.25) is 0 Å². The van der Waals surface area contributed by atoms with Gasteiger partial charge in [-0.15, -0.1) is 0 Å². The summed E-state index contributed by atoms with van der Waals surface area (Å²) >= 11 is 4.96. The minimum atomic E-state index is 0.442. The first kappa shape index (κ1) is 16.1. The summed E-state index contributed by atoms with van der Waals surface area (Å²) in [6.07, 6.45) is 7.76. The standard InChI is InChI=1S/C16H25NOS/c1-2-3-4-5-6-7-11-18-13-14-9-8-10-15(12-14)16(17)19/h8-10,12H,2-7,11,13H2,1H3,(H2,17,19). The zero-order valence-electron chi connectivity index (χ0n) is 11.9.